The van der Waals surface area contributed by atoms with Gasteiger partial charge in [-0.1, -0.05) is 25.5 Å². The molecule has 2 N–H and O–H groups in total. The third-order valence-corrected chi connectivity index (χ3v) is 24.4. The first-order chi connectivity index (χ1) is 45.4. The van der Waals surface area contributed by atoms with Gasteiger partial charge in [-0.25, -0.2) is 0 Å². The first-order valence-corrected chi connectivity index (χ1v) is 35.4. The molecule has 0 unspecified atom stereocenters. The monoisotopic (exact) mass is 1350 g/mol. The van der Waals surface area contributed by atoms with E-state index in [0.717, 1.165) is 44.9 Å². The number of fused-ring (bicyclic) bond motifs is 6. The van der Waals surface area contributed by atoms with Crippen molar-refractivity contribution in [3.05, 3.63) is 23.5 Å². The van der Waals surface area contributed by atoms with Crippen LogP contribution < -0.4 is 0 Å². The standard InChI is InChI=1S/C70H112O25/c1-34-25-47(74-11)60(72)66(82-34)89-43-19-22-67(9)42(26-43)17-18-44-45(67)20-23-68(10)46(44)21-24-69(68,73)41(8)88-54-31-52-65(39(6)87-54)95-70(81-33-80-52)32-53(79-16)64(40(7)94-70)93-58-30-51(78-15)63(38(5)86-58)92-57-29-50(77-14)62(37(4)85-57)91-56-28-49(76-13)61(36(3)84-56)90-55-27-48(75-12)59(71)35(2)83-55/h17,25,34-41,43-46,48-59,61-66,71,73H,18-24,26-33H2,1-16H3/t34-,35-,36-,37-,38-,39-,40-,41+,43+,44-,45+,46+,48-,49+,50+,51+,52-,53-,54+,55+,56+,57+,58+,59-,61-,62-,63-,64-,65-,66+,67+,68+,69+,70-/m1/s1. The molecule has 12 aliphatic rings. The fraction of sp³-hybridized carbons (Fsp3) is 0.929. The topological polar surface area (TPSA) is 261 Å². The smallest absolute Gasteiger partial charge is 0.288 e. The van der Waals surface area contributed by atoms with Gasteiger partial charge in [0.25, 0.3) is 11.8 Å². The van der Waals surface area contributed by atoms with Gasteiger partial charge in [-0.15, -0.1) is 0 Å². The van der Waals surface area contributed by atoms with Crippen molar-refractivity contribution in [2.75, 3.05) is 49.5 Å². The highest BCUT2D eigenvalue weighted by Gasteiger charge is 2.66. The summed E-state index contributed by atoms with van der Waals surface area (Å²) >= 11 is 0. The molecule has 0 radical (unpaired) electrons. The van der Waals surface area contributed by atoms with E-state index in [1.54, 1.807) is 48.5 Å². The van der Waals surface area contributed by atoms with Gasteiger partial charge < -0.3 is 114 Å². The lowest BCUT2D eigenvalue weighted by molar-refractivity contribution is -0.447. The Morgan fingerprint density at radius 3 is 1.68 bits per heavy atom. The second-order valence-corrected chi connectivity index (χ2v) is 29.8. The molecule has 0 aromatic heterocycles. The SMILES string of the molecule is COC1=C[C@@H](C)O[C@@H](O[C@H]2CC[C@@]3(C)C(=CC[C@@H]4[C@@H]3CC[C@@]3(C)[C@H]4CC[C@]3(O)[C@H](C)O[C@H]3C[C@H]4OCO[C@@]5(C[C@@H](OC)[C@H](O[C@H]6C[C@H](OC)[C@H](O[C@H]7C[C@H](OC)[C@H](O[C@H]8C[C@H](OC)[C@H](O[C@H]9C[C@@H](OC)[C@H](O)[C@@H](C)O9)[C@@H](C)O8)[C@@H](C)O7)[C@@H](C)O6)[C@@H](C)O5)O[C@@H]4[C@@H](C)O3)C2)C1=O. The van der Waals surface area contributed by atoms with Crippen molar-refractivity contribution < 1.29 is 119 Å². The predicted molar refractivity (Wildman–Crippen MR) is 334 cm³/mol. The number of carbonyl (C=O) groups excluding carboxylic acids is 1. The zero-order valence-corrected chi connectivity index (χ0v) is 58.9. The lowest BCUT2D eigenvalue weighted by atomic mass is 9.46. The van der Waals surface area contributed by atoms with Gasteiger partial charge in [0.2, 0.25) is 6.29 Å². The van der Waals surface area contributed by atoms with Crippen molar-refractivity contribution in [2.24, 2.45) is 28.6 Å². The van der Waals surface area contributed by atoms with Crippen LogP contribution in [-0.2, 0) is 109 Å². The number of aliphatic hydroxyl groups is 2. The molecule has 25 nitrogen and oxygen atoms in total. The highest BCUT2D eigenvalue weighted by atomic mass is 16.9. The lowest BCUT2D eigenvalue weighted by Gasteiger charge is -2.59. The molecular formula is C70H112O25. The van der Waals surface area contributed by atoms with E-state index in [-0.39, 0.29) is 48.1 Å². The zero-order chi connectivity index (χ0) is 67.6. The Labute approximate surface area is 561 Å². The molecule has 542 valence electrons. The molecule has 0 aromatic carbocycles. The van der Waals surface area contributed by atoms with Gasteiger partial charge in [0.05, 0.1) is 111 Å². The second kappa shape index (κ2) is 29.8. The maximum absolute atomic E-state index is 13.1. The number of Topliss-reactive ketones (excluding diaryl/α,β-unsaturated/α-hetero) is 1. The summed E-state index contributed by atoms with van der Waals surface area (Å²) in [6.07, 6.45) is -0.971. The maximum Gasteiger partial charge on any atom is 0.288 e. The van der Waals surface area contributed by atoms with Crippen molar-refractivity contribution in [3.63, 3.8) is 0 Å². The second-order valence-electron chi connectivity index (χ2n) is 29.8. The summed E-state index contributed by atoms with van der Waals surface area (Å²) in [5.41, 5.74) is 0.0125. The first kappa shape index (κ1) is 72.8. The fourth-order valence-corrected chi connectivity index (χ4v) is 19.0. The predicted octanol–water partition coefficient (Wildman–Crippen LogP) is 7.19. The van der Waals surface area contributed by atoms with Crippen molar-refractivity contribution in [1.82, 2.24) is 0 Å². The van der Waals surface area contributed by atoms with E-state index in [9.17, 15) is 15.0 Å². The van der Waals surface area contributed by atoms with Gasteiger partial charge in [0.15, 0.2) is 44.0 Å². The summed E-state index contributed by atoms with van der Waals surface area (Å²) in [7, 11) is 9.65. The minimum Gasteiger partial charge on any atom is -0.493 e. The minimum atomic E-state index is -1.54. The summed E-state index contributed by atoms with van der Waals surface area (Å²) in [6.45, 7) is 20.0. The van der Waals surface area contributed by atoms with E-state index in [0.29, 0.717) is 62.0 Å². The van der Waals surface area contributed by atoms with Gasteiger partial charge in [-0.3, -0.25) is 4.79 Å². The average molecular weight is 1350 g/mol. The molecule has 3 saturated carbocycles. The number of aliphatic hydroxyl groups excluding tert-OH is 1. The Bertz CT molecular complexity index is 2640. The van der Waals surface area contributed by atoms with Crippen molar-refractivity contribution in [1.29, 1.82) is 0 Å². The van der Waals surface area contributed by atoms with E-state index >= 15 is 0 Å². The highest BCUT2D eigenvalue weighted by Crippen LogP contribution is 2.68. The van der Waals surface area contributed by atoms with Gasteiger partial charge in [-0.2, -0.15) is 0 Å². The molecule has 0 bridgehead atoms. The molecular weight excluding hydrogens is 1240 g/mol. The highest BCUT2D eigenvalue weighted by molar-refractivity contribution is 5.96. The van der Waals surface area contributed by atoms with Crippen LogP contribution in [0.25, 0.3) is 0 Å². The molecule has 4 aliphatic carbocycles. The van der Waals surface area contributed by atoms with E-state index < -0.39 is 159 Å². The van der Waals surface area contributed by atoms with Gasteiger partial charge >= 0.3 is 0 Å². The largest absolute Gasteiger partial charge is 0.493 e. The summed E-state index contributed by atoms with van der Waals surface area (Å²) < 4.78 is 140. The summed E-state index contributed by atoms with van der Waals surface area (Å²) in [5, 5.41) is 23.5. The number of rotatable bonds is 19. The summed E-state index contributed by atoms with van der Waals surface area (Å²) in [5.74, 6) is -0.264. The number of hydrogen-bond donors (Lipinski definition) is 2. The Morgan fingerprint density at radius 1 is 0.579 bits per heavy atom. The molecule has 8 heterocycles. The van der Waals surface area contributed by atoms with Crippen LogP contribution in [0.3, 0.4) is 0 Å². The van der Waals surface area contributed by atoms with Crippen LogP contribution in [0.1, 0.15) is 159 Å². The van der Waals surface area contributed by atoms with E-state index in [1.807, 2.05) is 48.5 Å². The molecule has 0 amide bonds. The first-order valence-electron chi connectivity index (χ1n) is 35.4. The zero-order valence-electron chi connectivity index (χ0n) is 58.9. The number of methoxy groups -OCH3 is 6. The van der Waals surface area contributed by atoms with Crippen molar-refractivity contribution in [3.8, 4) is 0 Å². The normalized spacial score (nSPS) is 51.5. The maximum atomic E-state index is 13.1. The molecule has 95 heavy (non-hydrogen) atoms. The van der Waals surface area contributed by atoms with Gasteiger partial charge in [0.1, 0.15) is 36.6 Å². The molecule has 0 aromatic rings. The Hall–Kier alpha value is -1.97. The van der Waals surface area contributed by atoms with Crippen LogP contribution >= 0.6 is 0 Å². The summed E-state index contributed by atoms with van der Waals surface area (Å²) in [6, 6.07) is 0. The molecule has 10 fully saturated rings. The molecule has 1 spiro atoms. The Morgan fingerprint density at radius 2 is 1.12 bits per heavy atom. The Balaban J connectivity index is 0.607. The van der Waals surface area contributed by atoms with E-state index in [1.165, 1.54) is 12.7 Å². The van der Waals surface area contributed by atoms with E-state index in [4.69, 9.17) is 104 Å². The van der Waals surface area contributed by atoms with Crippen LogP contribution in [-0.4, -0.2) is 243 Å². The molecule has 25 heteroatoms. The van der Waals surface area contributed by atoms with Crippen LogP contribution in [0.15, 0.2) is 23.5 Å². The third-order valence-electron chi connectivity index (χ3n) is 24.4. The van der Waals surface area contributed by atoms with Crippen LogP contribution in [0.2, 0.25) is 0 Å². The third kappa shape index (κ3) is 14.3. The van der Waals surface area contributed by atoms with Crippen LogP contribution in [0.5, 0.6) is 0 Å². The number of ether oxygens (including phenoxy) is 22. The minimum absolute atomic E-state index is 0.0207. The van der Waals surface area contributed by atoms with Gasteiger partial charge in [-0.05, 0) is 136 Å². The molecule has 34 atom stereocenters. The fourth-order valence-electron chi connectivity index (χ4n) is 19.0. The number of carbonyl (C=O) groups is 1. The average Bonchev–Trinajstić information content (AvgIpc) is 1.63. The number of hydrogen-bond acceptors (Lipinski definition) is 25. The van der Waals surface area contributed by atoms with Crippen LogP contribution in [0, 0.1) is 28.6 Å². The van der Waals surface area contributed by atoms with Crippen LogP contribution in [0.4, 0.5) is 0 Å². The number of ketones is 1. The summed E-state index contributed by atoms with van der Waals surface area (Å²) in [4.78, 5) is 13.1. The Kier molecular flexibility index (Phi) is 22.8. The lowest BCUT2D eigenvalue weighted by Crippen LogP contribution is -2.62. The quantitative estimate of drug-likeness (QED) is 0.121. The molecule has 12 rings (SSSR count). The number of allylic oxidation sites excluding steroid dienone is 1. The molecule has 8 aliphatic heterocycles. The van der Waals surface area contributed by atoms with E-state index in [2.05, 4.69) is 19.9 Å². The van der Waals surface area contributed by atoms with Crippen molar-refractivity contribution >= 4 is 5.78 Å². The van der Waals surface area contributed by atoms with Crippen molar-refractivity contribution in [2.45, 2.75) is 337 Å². The van der Waals surface area contributed by atoms with Gasteiger partial charge in [0, 0.05) is 73.1 Å². The molecule has 7 saturated heterocycles.